The van der Waals surface area contributed by atoms with Crippen molar-refractivity contribution in [3.8, 4) is 0 Å². The Labute approximate surface area is 119 Å². The molecule has 0 atom stereocenters. The first-order valence-electron chi connectivity index (χ1n) is 8.77. The zero-order valence-corrected chi connectivity index (χ0v) is 12.7. The van der Waals surface area contributed by atoms with Gasteiger partial charge in [0.15, 0.2) is 0 Å². The van der Waals surface area contributed by atoms with E-state index in [0.717, 1.165) is 19.1 Å². The summed E-state index contributed by atoms with van der Waals surface area (Å²) in [6, 6.07) is 0. The molecule has 0 unspecified atom stereocenters. The summed E-state index contributed by atoms with van der Waals surface area (Å²) >= 11 is 0. The lowest BCUT2D eigenvalue weighted by molar-refractivity contribution is 0.0273. The summed E-state index contributed by atoms with van der Waals surface area (Å²) < 4.78 is 5.94. The Bertz CT molecular complexity index is 185. The largest absolute Gasteiger partial charge is 0.378 e. The average Bonchev–Trinajstić information content (AvgIpc) is 2.48. The Hall–Kier alpha value is -0.0800. The summed E-state index contributed by atoms with van der Waals surface area (Å²) in [6.45, 7) is 3.31. The minimum absolute atomic E-state index is 0.580. The molecule has 1 N–H and O–H groups in total. The summed E-state index contributed by atoms with van der Waals surface area (Å²) in [4.78, 5) is 0. The zero-order valence-electron chi connectivity index (χ0n) is 12.7. The van der Waals surface area contributed by atoms with Crippen LogP contribution in [0.3, 0.4) is 0 Å². The Kier molecular flexibility index (Phi) is 7.87. The first-order valence-corrected chi connectivity index (χ1v) is 8.77. The molecule has 0 bridgehead atoms. The molecule has 0 amide bonds. The highest BCUT2D eigenvalue weighted by Gasteiger charge is 2.13. The number of hydrogen-bond acceptors (Lipinski definition) is 2. The van der Waals surface area contributed by atoms with Gasteiger partial charge in [0.1, 0.15) is 0 Å². The maximum atomic E-state index is 5.94. The van der Waals surface area contributed by atoms with Crippen molar-refractivity contribution in [1.29, 1.82) is 0 Å². The van der Waals surface area contributed by atoms with Crippen molar-refractivity contribution in [3.05, 3.63) is 0 Å². The van der Waals surface area contributed by atoms with Crippen molar-refractivity contribution in [3.63, 3.8) is 0 Å². The third kappa shape index (κ3) is 6.76. The van der Waals surface area contributed by atoms with Gasteiger partial charge in [0.25, 0.3) is 0 Å². The second-order valence-corrected chi connectivity index (χ2v) is 6.53. The molecule has 2 aliphatic rings. The van der Waals surface area contributed by atoms with Crippen LogP contribution in [0.25, 0.3) is 0 Å². The standard InChI is InChI=1S/C17H33NO/c1-3-8-16(9-4-1)12-14-18-13-7-15-19-17-10-5-2-6-11-17/h16-18H,1-15H2. The van der Waals surface area contributed by atoms with E-state index in [1.165, 1.54) is 83.6 Å². The Morgan fingerprint density at radius 2 is 1.47 bits per heavy atom. The van der Waals surface area contributed by atoms with Gasteiger partial charge in [-0.05, 0) is 44.7 Å². The van der Waals surface area contributed by atoms with E-state index in [4.69, 9.17) is 4.74 Å². The van der Waals surface area contributed by atoms with Crippen LogP contribution in [0.15, 0.2) is 0 Å². The topological polar surface area (TPSA) is 21.3 Å². The molecule has 0 aromatic heterocycles. The second-order valence-electron chi connectivity index (χ2n) is 6.53. The summed E-state index contributed by atoms with van der Waals surface area (Å²) in [5.41, 5.74) is 0. The Morgan fingerprint density at radius 3 is 2.21 bits per heavy atom. The highest BCUT2D eigenvalue weighted by Crippen LogP contribution is 2.25. The quantitative estimate of drug-likeness (QED) is 0.663. The van der Waals surface area contributed by atoms with Crippen LogP contribution in [-0.2, 0) is 4.74 Å². The molecule has 0 saturated heterocycles. The third-order valence-corrected chi connectivity index (χ3v) is 4.86. The normalized spacial score (nSPS) is 22.7. The lowest BCUT2D eigenvalue weighted by Crippen LogP contribution is -2.23. The third-order valence-electron chi connectivity index (χ3n) is 4.86. The molecule has 0 aromatic rings. The highest BCUT2D eigenvalue weighted by molar-refractivity contribution is 4.67. The molecular formula is C17H33NO. The summed E-state index contributed by atoms with van der Waals surface area (Å²) in [6.07, 6.45) is 17.3. The maximum Gasteiger partial charge on any atom is 0.0575 e. The molecule has 112 valence electrons. The molecule has 2 saturated carbocycles. The second kappa shape index (κ2) is 9.77. The van der Waals surface area contributed by atoms with Crippen molar-refractivity contribution in [2.75, 3.05) is 19.7 Å². The first kappa shape index (κ1) is 15.3. The minimum Gasteiger partial charge on any atom is -0.378 e. The molecule has 0 heterocycles. The van der Waals surface area contributed by atoms with E-state index in [2.05, 4.69) is 5.32 Å². The van der Waals surface area contributed by atoms with Crippen molar-refractivity contribution in [1.82, 2.24) is 5.32 Å². The predicted octanol–water partition coefficient (Wildman–Crippen LogP) is 4.29. The van der Waals surface area contributed by atoms with Gasteiger partial charge in [-0.25, -0.2) is 0 Å². The minimum atomic E-state index is 0.580. The van der Waals surface area contributed by atoms with Crippen LogP contribution >= 0.6 is 0 Å². The van der Waals surface area contributed by atoms with E-state index >= 15 is 0 Å². The SMILES string of the molecule is C1CCC(CCNCCCOC2CCCCC2)CC1. The zero-order chi connectivity index (χ0) is 13.2. The molecule has 2 aliphatic carbocycles. The van der Waals surface area contributed by atoms with Crippen LogP contribution in [0.4, 0.5) is 0 Å². The Balaban J connectivity index is 1.35. The van der Waals surface area contributed by atoms with Gasteiger partial charge in [-0.1, -0.05) is 51.4 Å². The van der Waals surface area contributed by atoms with Gasteiger partial charge >= 0.3 is 0 Å². The number of nitrogens with one attached hydrogen (secondary N) is 1. The van der Waals surface area contributed by atoms with Gasteiger partial charge in [-0.15, -0.1) is 0 Å². The molecule has 0 aliphatic heterocycles. The molecule has 2 nitrogen and oxygen atoms in total. The lowest BCUT2D eigenvalue weighted by Gasteiger charge is -2.22. The van der Waals surface area contributed by atoms with Crippen molar-refractivity contribution < 1.29 is 4.74 Å². The molecule has 2 heteroatoms. The molecule has 0 radical (unpaired) electrons. The van der Waals surface area contributed by atoms with Gasteiger partial charge in [-0.2, -0.15) is 0 Å². The maximum absolute atomic E-state index is 5.94. The van der Waals surface area contributed by atoms with Crippen LogP contribution < -0.4 is 5.32 Å². The van der Waals surface area contributed by atoms with Gasteiger partial charge < -0.3 is 10.1 Å². The lowest BCUT2D eigenvalue weighted by atomic mass is 9.87. The Morgan fingerprint density at radius 1 is 0.789 bits per heavy atom. The number of rotatable bonds is 8. The van der Waals surface area contributed by atoms with Crippen LogP contribution in [-0.4, -0.2) is 25.8 Å². The monoisotopic (exact) mass is 267 g/mol. The number of ether oxygens (including phenoxy) is 1. The smallest absolute Gasteiger partial charge is 0.0575 e. The van der Waals surface area contributed by atoms with E-state index in [1.807, 2.05) is 0 Å². The summed E-state index contributed by atoms with van der Waals surface area (Å²) in [7, 11) is 0. The van der Waals surface area contributed by atoms with E-state index < -0.39 is 0 Å². The van der Waals surface area contributed by atoms with Crippen LogP contribution in [0, 0.1) is 5.92 Å². The van der Waals surface area contributed by atoms with E-state index in [0.29, 0.717) is 6.10 Å². The van der Waals surface area contributed by atoms with Crippen molar-refractivity contribution in [2.24, 2.45) is 5.92 Å². The highest BCUT2D eigenvalue weighted by atomic mass is 16.5. The van der Waals surface area contributed by atoms with E-state index in [9.17, 15) is 0 Å². The van der Waals surface area contributed by atoms with Gasteiger partial charge in [0.05, 0.1) is 6.10 Å². The summed E-state index contributed by atoms with van der Waals surface area (Å²) in [5.74, 6) is 1.01. The summed E-state index contributed by atoms with van der Waals surface area (Å²) in [5, 5.41) is 3.59. The molecule has 0 spiro atoms. The molecule has 2 fully saturated rings. The van der Waals surface area contributed by atoms with Gasteiger partial charge in [-0.3, -0.25) is 0 Å². The van der Waals surface area contributed by atoms with Crippen LogP contribution in [0.1, 0.15) is 77.0 Å². The van der Waals surface area contributed by atoms with Crippen LogP contribution in [0.5, 0.6) is 0 Å². The fraction of sp³-hybridized carbons (Fsp3) is 1.00. The predicted molar refractivity (Wildman–Crippen MR) is 81.5 cm³/mol. The first-order chi connectivity index (χ1) is 9.45. The van der Waals surface area contributed by atoms with E-state index in [-0.39, 0.29) is 0 Å². The van der Waals surface area contributed by atoms with Gasteiger partial charge in [0.2, 0.25) is 0 Å². The van der Waals surface area contributed by atoms with Crippen LogP contribution in [0.2, 0.25) is 0 Å². The van der Waals surface area contributed by atoms with Crippen molar-refractivity contribution >= 4 is 0 Å². The molecular weight excluding hydrogens is 234 g/mol. The molecule has 2 rings (SSSR count). The molecule has 19 heavy (non-hydrogen) atoms. The number of hydrogen-bond donors (Lipinski definition) is 1. The van der Waals surface area contributed by atoms with Crippen molar-refractivity contribution in [2.45, 2.75) is 83.2 Å². The van der Waals surface area contributed by atoms with E-state index in [1.54, 1.807) is 0 Å². The molecule has 0 aromatic carbocycles. The fourth-order valence-electron chi connectivity index (χ4n) is 3.59. The average molecular weight is 267 g/mol. The van der Waals surface area contributed by atoms with Gasteiger partial charge in [0, 0.05) is 6.61 Å². The fourth-order valence-corrected chi connectivity index (χ4v) is 3.59.